The first-order chi connectivity index (χ1) is 13.5. The summed E-state index contributed by atoms with van der Waals surface area (Å²) in [5.74, 6) is 2.51. The number of benzene rings is 1. The van der Waals surface area contributed by atoms with Crippen molar-refractivity contribution in [3.8, 4) is 22.8 Å². The van der Waals surface area contributed by atoms with Crippen molar-refractivity contribution < 1.29 is 9.47 Å². The van der Waals surface area contributed by atoms with Gasteiger partial charge < -0.3 is 14.8 Å². The molecule has 0 radical (unpaired) electrons. The third kappa shape index (κ3) is 4.50. The molecule has 3 aromatic rings. The Balaban J connectivity index is 2.24. The van der Waals surface area contributed by atoms with E-state index in [0.29, 0.717) is 0 Å². The molecule has 0 unspecified atom stereocenters. The van der Waals surface area contributed by atoms with E-state index in [1.807, 2.05) is 30.3 Å². The molecule has 1 N–H and O–H groups in total. The minimum Gasteiger partial charge on any atom is -0.497 e. The number of nitrogens with one attached hydrogen (secondary N) is 1. The molecule has 0 saturated heterocycles. The third-order valence-electron chi connectivity index (χ3n) is 4.93. The lowest BCUT2D eigenvalue weighted by atomic mass is 9.82. The van der Waals surface area contributed by atoms with Crippen LogP contribution in [-0.4, -0.2) is 29.1 Å². The number of nitrogens with zero attached hydrogens (tertiary/aromatic N) is 2. The number of hydrogen-bond acceptors (Lipinski definition) is 4. The van der Waals surface area contributed by atoms with Gasteiger partial charge in [-0.3, -0.25) is 4.40 Å². The minimum absolute atomic E-state index is 0.128. The number of aryl methyl sites for hydroxylation is 1. The maximum atomic E-state index is 5.66. The Morgan fingerprint density at radius 2 is 1.72 bits per heavy atom. The number of pyridine rings is 1. The summed E-state index contributed by atoms with van der Waals surface area (Å²) in [4.78, 5) is 4.97. The topological polar surface area (TPSA) is 47.8 Å². The van der Waals surface area contributed by atoms with E-state index < -0.39 is 0 Å². The monoisotopic (exact) mass is 395 g/mol. The molecule has 0 aliphatic carbocycles. The Morgan fingerprint density at radius 3 is 2.34 bits per heavy atom. The van der Waals surface area contributed by atoms with E-state index in [9.17, 15) is 0 Å². The molecule has 0 aliphatic heterocycles. The Labute approximate surface area is 174 Å². The van der Waals surface area contributed by atoms with E-state index in [1.165, 1.54) is 0 Å². The minimum atomic E-state index is -0.128. The lowest BCUT2D eigenvalue weighted by Crippen LogP contribution is -2.36. The van der Waals surface area contributed by atoms with Crippen LogP contribution in [0.4, 0.5) is 5.82 Å². The number of hydrogen-bond donors (Lipinski definition) is 1. The number of anilines is 1. The van der Waals surface area contributed by atoms with Gasteiger partial charge in [-0.1, -0.05) is 26.8 Å². The fourth-order valence-corrected chi connectivity index (χ4v) is 4.25. The number of imidazole rings is 1. The first-order valence-corrected chi connectivity index (χ1v) is 10.0. The van der Waals surface area contributed by atoms with Gasteiger partial charge in [0.05, 0.1) is 14.2 Å². The smallest absolute Gasteiger partial charge is 0.139 e. The van der Waals surface area contributed by atoms with Gasteiger partial charge in [0.2, 0.25) is 0 Å². The molecule has 0 amide bonds. The summed E-state index contributed by atoms with van der Waals surface area (Å²) in [6.07, 6.45) is 1.01. The molecule has 29 heavy (non-hydrogen) atoms. The Morgan fingerprint density at radius 1 is 1.00 bits per heavy atom. The molecule has 5 nitrogen and oxygen atoms in total. The molecule has 3 rings (SSSR count). The van der Waals surface area contributed by atoms with E-state index in [-0.39, 0.29) is 11.0 Å². The summed E-state index contributed by atoms with van der Waals surface area (Å²) in [6.45, 7) is 13.4. The zero-order valence-corrected chi connectivity index (χ0v) is 18.9. The normalized spacial score (nSPS) is 12.3. The van der Waals surface area contributed by atoms with Crippen molar-refractivity contribution in [1.29, 1.82) is 0 Å². The summed E-state index contributed by atoms with van der Waals surface area (Å²) in [5, 5.41) is 3.80. The molecule has 0 aliphatic rings. The molecule has 156 valence electrons. The average Bonchev–Trinajstić information content (AvgIpc) is 2.97. The average molecular weight is 396 g/mol. The highest BCUT2D eigenvalue weighted by Gasteiger charge is 2.29. The molecular weight excluding hydrogens is 362 g/mol. The van der Waals surface area contributed by atoms with Crippen LogP contribution in [0.5, 0.6) is 11.5 Å². The second kappa shape index (κ2) is 7.62. The SMILES string of the molecule is COc1ccc(OC)c(-c2nc3cccc(C)n3c2NC(C)(C)CC(C)(C)C)c1. The van der Waals surface area contributed by atoms with Crippen LogP contribution in [0.2, 0.25) is 0 Å². The van der Waals surface area contributed by atoms with Crippen LogP contribution in [0.15, 0.2) is 36.4 Å². The molecule has 0 saturated carbocycles. The molecule has 2 heterocycles. The molecule has 0 bridgehead atoms. The first kappa shape index (κ1) is 21.0. The standard InChI is InChI=1S/C24H33N3O2/c1-16-10-9-11-20-25-21(18-14-17(28-7)12-13-19(18)29-8)22(27(16)20)26-24(5,6)15-23(2,3)4/h9-14,26H,15H2,1-8H3. The summed E-state index contributed by atoms with van der Waals surface area (Å²) in [6, 6.07) is 12.0. The molecule has 0 atom stereocenters. The van der Waals surface area contributed by atoms with Gasteiger partial charge in [-0.15, -0.1) is 0 Å². The van der Waals surface area contributed by atoms with Crippen molar-refractivity contribution in [2.75, 3.05) is 19.5 Å². The maximum Gasteiger partial charge on any atom is 0.139 e. The van der Waals surface area contributed by atoms with Crippen LogP contribution < -0.4 is 14.8 Å². The number of rotatable bonds is 6. The van der Waals surface area contributed by atoms with Crippen LogP contribution >= 0.6 is 0 Å². The van der Waals surface area contributed by atoms with Crippen molar-refractivity contribution in [3.05, 3.63) is 42.1 Å². The van der Waals surface area contributed by atoms with E-state index in [0.717, 1.165) is 46.3 Å². The fraction of sp³-hybridized carbons (Fsp3) is 0.458. The van der Waals surface area contributed by atoms with Gasteiger partial charge in [0.1, 0.15) is 28.7 Å². The summed E-state index contributed by atoms with van der Waals surface area (Å²) in [7, 11) is 3.36. The lowest BCUT2D eigenvalue weighted by Gasteiger charge is -2.34. The van der Waals surface area contributed by atoms with Crippen molar-refractivity contribution >= 4 is 11.5 Å². The second-order valence-electron chi connectivity index (χ2n) is 9.48. The summed E-state index contributed by atoms with van der Waals surface area (Å²) < 4.78 is 13.3. The van der Waals surface area contributed by atoms with Crippen molar-refractivity contribution in [1.82, 2.24) is 9.38 Å². The molecule has 1 aromatic carbocycles. The van der Waals surface area contributed by atoms with Crippen LogP contribution in [0.1, 0.15) is 46.7 Å². The van der Waals surface area contributed by atoms with Crippen LogP contribution in [0.3, 0.4) is 0 Å². The zero-order valence-electron chi connectivity index (χ0n) is 18.9. The van der Waals surface area contributed by atoms with Crippen LogP contribution in [-0.2, 0) is 0 Å². The van der Waals surface area contributed by atoms with Crippen LogP contribution in [0, 0.1) is 12.3 Å². The molecule has 2 aromatic heterocycles. The lowest BCUT2D eigenvalue weighted by molar-refractivity contribution is 0.302. The van der Waals surface area contributed by atoms with Gasteiger partial charge in [-0.25, -0.2) is 4.98 Å². The summed E-state index contributed by atoms with van der Waals surface area (Å²) >= 11 is 0. The largest absolute Gasteiger partial charge is 0.497 e. The zero-order chi connectivity index (χ0) is 21.4. The van der Waals surface area contributed by atoms with Crippen molar-refractivity contribution in [3.63, 3.8) is 0 Å². The van der Waals surface area contributed by atoms with Gasteiger partial charge in [0.25, 0.3) is 0 Å². The van der Waals surface area contributed by atoms with E-state index in [1.54, 1.807) is 14.2 Å². The molecule has 5 heteroatoms. The predicted octanol–water partition coefficient (Wildman–Crippen LogP) is 5.95. The predicted molar refractivity (Wildman–Crippen MR) is 120 cm³/mol. The van der Waals surface area contributed by atoms with Crippen molar-refractivity contribution in [2.24, 2.45) is 5.41 Å². The van der Waals surface area contributed by atoms with E-state index >= 15 is 0 Å². The number of ether oxygens (including phenoxy) is 2. The van der Waals surface area contributed by atoms with E-state index in [4.69, 9.17) is 14.5 Å². The highest BCUT2D eigenvalue weighted by atomic mass is 16.5. The van der Waals surface area contributed by atoms with Gasteiger partial charge in [-0.05, 0) is 62.9 Å². The number of aromatic nitrogens is 2. The number of methoxy groups -OCH3 is 2. The quantitative estimate of drug-likeness (QED) is 0.560. The Hall–Kier alpha value is -2.69. The van der Waals surface area contributed by atoms with Crippen LogP contribution in [0.25, 0.3) is 16.9 Å². The van der Waals surface area contributed by atoms with Gasteiger partial charge in [0, 0.05) is 16.8 Å². The maximum absolute atomic E-state index is 5.66. The summed E-state index contributed by atoms with van der Waals surface area (Å²) in [5.41, 5.74) is 3.86. The third-order valence-corrected chi connectivity index (χ3v) is 4.93. The number of fused-ring (bicyclic) bond motifs is 1. The van der Waals surface area contributed by atoms with E-state index in [2.05, 4.69) is 57.3 Å². The molecule has 0 fully saturated rings. The highest BCUT2D eigenvalue weighted by molar-refractivity contribution is 5.81. The molecular formula is C24H33N3O2. The Bertz CT molecular complexity index is 1010. The fourth-order valence-electron chi connectivity index (χ4n) is 4.25. The van der Waals surface area contributed by atoms with Gasteiger partial charge in [0.15, 0.2) is 0 Å². The first-order valence-electron chi connectivity index (χ1n) is 10.0. The Kier molecular flexibility index (Phi) is 5.52. The van der Waals surface area contributed by atoms with Gasteiger partial charge >= 0.3 is 0 Å². The highest BCUT2D eigenvalue weighted by Crippen LogP contribution is 2.40. The second-order valence-corrected chi connectivity index (χ2v) is 9.48. The molecule has 0 spiro atoms. The van der Waals surface area contributed by atoms with Crippen molar-refractivity contribution in [2.45, 2.75) is 53.5 Å². The van der Waals surface area contributed by atoms with Gasteiger partial charge in [-0.2, -0.15) is 0 Å².